The quantitative estimate of drug-likeness (QED) is 0.619. The molecule has 5 nitrogen and oxygen atoms in total. The molecule has 82 valence electrons. The number of carbonyl (C=O) groups excluding carboxylic acids is 1. The van der Waals surface area contributed by atoms with Crippen LogP contribution in [0.4, 0.5) is 11.5 Å². The average molecular weight is 208 g/mol. The third kappa shape index (κ3) is 3.84. The maximum Gasteiger partial charge on any atom is 0.217 e. The van der Waals surface area contributed by atoms with E-state index in [1.807, 2.05) is 13.0 Å². The molecule has 15 heavy (non-hydrogen) atoms. The van der Waals surface area contributed by atoms with Crippen LogP contribution in [0.25, 0.3) is 0 Å². The summed E-state index contributed by atoms with van der Waals surface area (Å²) >= 11 is 0. The third-order valence-corrected chi connectivity index (χ3v) is 1.96. The fourth-order valence-corrected chi connectivity index (χ4v) is 1.18. The average Bonchev–Trinajstić information content (AvgIpc) is 2.17. The summed E-state index contributed by atoms with van der Waals surface area (Å²) in [7, 11) is 0. The Morgan fingerprint density at radius 1 is 1.53 bits per heavy atom. The monoisotopic (exact) mass is 208 g/mol. The Labute approximate surface area is 88.9 Å². The van der Waals surface area contributed by atoms with Crippen LogP contribution in [0, 0.1) is 6.92 Å². The van der Waals surface area contributed by atoms with Crippen molar-refractivity contribution in [2.45, 2.75) is 19.8 Å². The van der Waals surface area contributed by atoms with Crippen LogP contribution in [0.1, 0.15) is 18.5 Å². The second kappa shape index (κ2) is 5.19. The van der Waals surface area contributed by atoms with Gasteiger partial charge in [-0.2, -0.15) is 0 Å². The zero-order valence-corrected chi connectivity index (χ0v) is 8.79. The van der Waals surface area contributed by atoms with E-state index in [-0.39, 0.29) is 5.91 Å². The maximum absolute atomic E-state index is 10.5. The van der Waals surface area contributed by atoms with E-state index < -0.39 is 0 Å². The van der Waals surface area contributed by atoms with Gasteiger partial charge in [-0.25, -0.2) is 4.98 Å². The van der Waals surface area contributed by atoms with E-state index in [0.717, 1.165) is 5.69 Å². The Kier molecular flexibility index (Phi) is 3.91. The Morgan fingerprint density at radius 2 is 2.27 bits per heavy atom. The van der Waals surface area contributed by atoms with Crippen LogP contribution < -0.4 is 16.8 Å². The summed E-state index contributed by atoms with van der Waals surface area (Å²) in [5.41, 5.74) is 12.2. The number of amides is 1. The van der Waals surface area contributed by atoms with Gasteiger partial charge in [-0.05, 0) is 25.5 Å². The normalized spacial score (nSPS) is 9.93. The van der Waals surface area contributed by atoms with Crippen molar-refractivity contribution in [3.8, 4) is 0 Å². The van der Waals surface area contributed by atoms with Gasteiger partial charge >= 0.3 is 0 Å². The molecule has 0 saturated heterocycles. The van der Waals surface area contributed by atoms with Crippen LogP contribution in [0.15, 0.2) is 12.1 Å². The lowest BCUT2D eigenvalue weighted by molar-refractivity contribution is -0.118. The molecular weight excluding hydrogens is 192 g/mol. The molecule has 0 aliphatic heterocycles. The molecule has 0 unspecified atom stereocenters. The van der Waals surface area contributed by atoms with Crippen molar-refractivity contribution in [2.75, 3.05) is 17.6 Å². The van der Waals surface area contributed by atoms with Crippen molar-refractivity contribution >= 4 is 17.4 Å². The van der Waals surface area contributed by atoms with Gasteiger partial charge < -0.3 is 16.8 Å². The minimum Gasteiger partial charge on any atom is -0.396 e. The predicted octanol–water partition coefficient (Wildman–Crippen LogP) is 0.650. The summed E-state index contributed by atoms with van der Waals surface area (Å²) in [6, 6.07) is 3.66. The molecule has 1 rings (SSSR count). The van der Waals surface area contributed by atoms with Gasteiger partial charge in [-0.15, -0.1) is 0 Å². The second-order valence-corrected chi connectivity index (χ2v) is 3.39. The minimum atomic E-state index is -0.290. The van der Waals surface area contributed by atoms with Crippen LogP contribution in [0.3, 0.4) is 0 Å². The number of rotatable bonds is 5. The SMILES string of the molecule is Cc1ccc(N)c(NCCCC(N)=O)n1. The number of nitrogens with one attached hydrogen (secondary N) is 1. The number of aryl methyl sites for hydroxylation is 1. The van der Waals surface area contributed by atoms with Gasteiger partial charge in [0, 0.05) is 18.7 Å². The van der Waals surface area contributed by atoms with Crippen molar-refractivity contribution < 1.29 is 4.79 Å². The Hall–Kier alpha value is -1.78. The zero-order chi connectivity index (χ0) is 11.3. The molecular formula is C10H16N4O. The Balaban J connectivity index is 2.43. The number of primary amides is 1. The van der Waals surface area contributed by atoms with Gasteiger partial charge in [0.05, 0.1) is 5.69 Å². The van der Waals surface area contributed by atoms with E-state index in [1.165, 1.54) is 0 Å². The van der Waals surface area contributed by atoms with E-state index in [4.69, 9.17) is 11.5 Å². The summed E-state index contributed by atoms with van der Waals surface area (Å²) in [4.78, 5) is 14.7. The highest BCUT2D eigenvalue weighted by Gasteiger charge is 2.00. The van der Waals surface area contributed by atoms with E-state index in [9.17, 15) is 4.79 Å². The first-order valence-corrected chi connectivity index (χ1v) is 4.85. The second-order valence-electron chi connectivity index (χ2n) is 3.39. The van der Waals surface area contributed by atoms with E-state index in [2.05, 4.69) is 10.3 Å². The highest BCUT2D eigenvalue weighted by molar-refractivity contribution is 5.73. The van der Waals surface area contributed by atoms with Crippen molar-refractivity contribution in [1.29, 1.82) is 0 Å². The van der Waals surface area contributed by atoms with Crippen LogP contribution in [0.2, 0.25) is 0 Å². The van der Waals surface area contributed by atoms with Gasteiger partial charge in [0.2, 0.25) is 5.91 Å². The standard InChI is InChI=1S/C10H16N4O/c1-7-4-5-8(11)10(14-7)13-6-2-3-9(12)15/h4-5H,2-3,6,11H2,1H3,(H2,12,15)(H,13,14). The van der Waals surface area contributed by atoms with Crippen LogP contribution in [0.5, 0.6) is 0 Å². The van der Waals surface area contributed by atoms with Crippen LogP contribution >= 0.6 is 0 Å². The number of nitrogens with two attached hydrogens (primary N) is 2. The molecule has 0 aliphatic carbocycles. The molecule has 0 saturated carbocycles. The molecule has 0 aromatic carbocycles. The number of nitrogen functional groups attached to an aromatic ring is 1. The molecule has 1 aromatic heterocycles. The highest BCUT2D eigenvalue weighted by atomic mass is 16.1. The molecule has 1 amide bonds. The van der Waals surface area contributed by atoms with E-state index in [1.54, 1.807) is 6.07 Å². The summed E-state index contributed by atoms with van der Waals surface area (Å²) in [5.74, 6) is 0.376. The van der Waals surface area contributed by atoms with Gasteiger partial charge in [-0.1, -0.05) is 0 Å². The molecule has 0 spiro atoms. The van der Waals surface area contributed by atoms with E-state index >= 15 is 0 Å². The summed E-state index contributed by atoms with van der Waals surface area (Å²) in [6.07, 6.45) is 1.06. The number of aromatic nitrogens is 1. The van der Waals surface area contributed by atoms with Crippen molar-refractivity contribution in [1.82, 2.24) is 4.98 Å². The molecule has 0 bridgehead atoms. The van der Waals surface area contributed by atoms with Crippen molar-refractivity contribution in [2.24, 2.45) is 5.73 Å². The fraction of sp³-hybridized carbons (Fsp3) is 0.400. The highest BCUT2D eigenvalue weighted by Crippen LogP contribution is 2.14. The predicted molar refractivity (Wildman–Crippen MR) is 60.3 cm³/mol. The molecule has 1 heterocycles. The first-order valence-electron chi connectivity index (χ1n) is 4.85. The lowest BCUT2D eigenvalue weighted by atomic mass is 10.3. The van der Waals surface area contributed by atoms with Gasteiger partial charge in [0.1, 0.15) is 5.82 Å². The number of pyridine rings is 1. The summed E-state index contributed by atoms with van der Waals surface area (Å²) in [5, 5.41) is 3.07. The number of hydrogen-bond donors (Lipinski definition) is 3. The molecule has 1 aromatic rings. The molecule has 0 aliphatic rings. The number of carbonyl (C=O) groups is 1. The van der Waals surface area contributed by atoms with Gasteiger partial charge in [0.25, 0.3) is 0 Å². The summed E-state index contributed by atoms with van der Waals surface area (Å²) in [6.45, 7) is 2.54. The van der Waals surface area contributed by atoms with Gasteiger partial charge in [0.15, 0.2) is 0 Å². The van der Waals surface area contributed by atoms with Crippen molar-refractivity contribution in [3.63, 3.8) is 0 Å². The lowest BCUT2D eigenvalue weighted by Gasteiger charge is -2.08. The molecule has 5 heteroatoms. The molecule has 0 fully saturated rings. The molecule has 0 atom stereocenters. The first kappa shape index (κ1) is 11.3. The number of nitrogens with zero attached hydrogens (tertiary/aromatic N) is 1. The van der Waals surface area contributed by atoms with Crippen molar-refractivity contribution in [3.05, 3.63) is 17.8 Å². The Morgan fingerprint density at radius 3 is 2.93 bits per heavy atom. The van der Waals surface area contributed by atoms with Crippen LogP contribution in [-0.4, -0.2) is 17.4 Å². The zero-order valence-electron chi connectivity index (χ0n) is 8.79. The number of hydrogen-bond acceptors (Lipinski definition) is 4. The number of anilines is 2. The topological polar surface area (TPSA) is 94.0 Å². The maximum atomic E-state index is 10.5. The Bertz CT molecular complexity index is 351. The van der Waals surface area contributed by atoms with Gasteiger partial charge in [-0.3, -0.25) is 4.79 Å². The first-order chi connectivity index (χ1) is 7.09. The fourth-order valence-electron chi connectivity index (χ4n) is 1.18. The van der Waals surface area contributed by atoms with Crippen LogP contribution in [-0.2, 0) is 4.79 Å². The molecule has 5 N–H and O–H groups in total. The largest absolute Gasteiger partial charge is 0.396 e. The third-order valence-electron chi connectivity index (χ3n) is 1.96. The minimum absolute atomic E-state index is 0.290. The lowest BCUT2D eigenvalue weighted by Crippen LogP contribution is -2.13. The smallest absolute Gasteiger partial charge is 0.217 e. The van der Waals surface area contributed by atoms with E-state index in [0.29, 0.717) is 30.9 Å². The summed E-state index contributed by atoms with van der Waals surface area (Å²) < 4.78 is 0. The molecule has 0 radical (unpaired) electrons.